The van der Waals surface area contributed by atoms with Gasteiger partial charge in [-0.2, -0.15) is 0 Å². The van der Waals surface area contributed by atoms with Gasteiger partial charge in [0.15, 0.2) is 5.76 Å². The summed E-state index contributed by atoms with van der Waals surface area (Å²) >= 11 is 0. The number of nitrogens with zero attached hydrogens (tertiary/aromatic N) is 4. The number of aryl methyl sites for hydroxylation is 2. The van der Waals surface area contributed by atoms with Gasteiger partial charge in [-0.05, 0) is 26.0 Å². The van der Waals surface area contributed by atoms with Crippen molar-refractivity contribution in [3.8, 4) is 0 Å². The first-order chi connectivity index (χ1) is 13.8. The van der Waals surface area contributed by atoms with Gasteiger partial charge < -0.3 is 14.7 Å². The first-order valence-electron chi connectivity index (χ1n) is 9.29. The third-order valence-corrected chi connectivity index (χ3v) is 4.84. The Morgan fingerprint density at radius 3 is 2.52 bits per heavy atom. The SMILES string of the molecule is Cc1cc(CN2CCN(C(=O)CNC(=O)c3ccc([N+](=O)[O-])c(C)c3)CC2)on1. The molecule has 0 atom stereocenters. The second-order valence-corrected chi connectivity index (χ2v) is 7.03. The number of nitrogens with one attached hydrogen (secondary N) is 1. The molecule has 2 aromatic rings. The molecule has 1 N–H and O–H groups in total. The summed E-state index contributed by atoms with van der Waals surface area (Å²) in [5.41, 5.74) is 1.48. The molecule has 0 unspecified atom stereocenters. The molecular formula is C19H23N5O5. The summed E-state index contributed by atoms with van der Waals surface area (Å²) in [4.78, 5) is 38.9. The number of benzene rings is 1. The Balaban J connectivity index is 1.45. The number of aromatic nitrogens is 1. The Hall–Kier alpha value is -3.27. The zero-order valence-electron chi connectivity index (χ0n) is 16.4. The average Bonchev–Trinajstić information content (AvgIpc) is 3.10. The topological polar surface area (TPSA) is 122 Å². The normalized spacial score (nSPS) is 14.6. The molecule has 1 saturated heterocycles. The Bertz CT molecular complexity index is 917. The summed E-state index contributed by atoms with van der Waals surface area (Å²) in [7, 11) is 0. The molecule has 2 heterocycles. The van der Waals surface area contributed by atoms with Gasteiger partial charge in [0.2, 0.25) is 5.91 Å². The van der Waals surface area contributed by atoms with Crippen LogP contribution in [-0.4, -0.2) is 64.4 Å². The van der Waals surface area contributed by atoms with Crippen LogP contribution in [0.3, 0.4) is 0 Å². The third kappa shape index (κ3) is 5.17. The Morgan fingerprint density at radius 2 is 1.93 bits per heavy atom. The number of carbonyl (C=O) groups is 2. The fraction of sp³-hybridized carbons (Fsp3) is 0.421. The van der Waals surface area contributed by atoms with Gasteiger partial charge in [-0.1, -0.05) is 5.16 Å². The summed E-state index contributed by atoms with van der Waals surface area (Å²) in [6.07, 6.45) is 0. The minimum absolute atomic E-state index is 0.0454. The molecule has 1 aromatic heterocycles. The molecule has 2 amide bonds. The highest BCUT2D eigenvalue weighted by Crippen LogP contribution is 2.18. The number of rotatable bonds is 6. The van der Waals surface area contributed by atoms with E-state index in [0.29, 0.717) is 38.3 Å². The molecule has 1 aliphatic rings. The van der Waals surface area contributed by atoms with Crippen molar-refractivity contribution in [2.75, 3.05) is 32.7 Å². The van der Waals surface area contributed by atoms with Crippen molar-refractivity contribution in [2.45, 2.75) is 20.4 Å². The van der Waals surface area contributed by atoms with E-state index in [9.17, 15) is 19.7 Å². The van der Waals surface area contributed by atoms with Crippen molar-refractivity contribution in [1.29, 1.82) is 0 Å². The van der Waals surface area contributed by atoms with E-state index in [0.717, 1.165) is 11.5 Å². The number of nitro benzene ring substituents is 1. The van der Waals surface area contributed by atoms with Gasteiger partial charge >= 0.3 is 0 Å². The van der Waals surface area contributed by atoms with E-state index >= 15 is 0 Å². The molecule has 10 nitrogen and oxygen atoms in total. The van der Waals surface area contributed by atoms with Gasteiger partial charge in [0.1, 0.15) is 0 Å². The minimum atomic E-state index is -0.496. The lowest BCUT2D eigenvalue weighted by molar-refractivity contribution is -0.385. The van der Waals surface area contributed by atoms with Crippen LogP contribution in [0.2, 0.25) is 0 Å². The molecule has 29 heavy (non-hydrogen) atoms. The molecule has 0 saturated carbocycles. The second-order valence-electron chi connectivity index (χ2n) is 7.03. The summed E-state index contributed by atoms with van der Waals surface area (Å²) in [5.74, 6) is 0.204. The van der Waals surface area contributed by atoms with Crippen LogP contribution >= 0.6 is 0 Å². The fourth-order valence-corrected chi connectivity index (χ4v) is 3.24. The van der Waals surface area contributed by atoms with E-state index in [1.165, 1.54) is 18.2 Å². The van der Waals surface area contributed by atoms with Gasteiger partial charge in [0.05, 0.1) is 23.7 Å². The quantitative estimate of drug-likeness (QED) is 0.571. The van der Waals surface area contributed by atoms with E-state index in [2.05, 4.69) is 15.4 Å². The lowest BCUT2D eigenvalue weighted by Gasteiger charge is -2.34. The van der Waals surface area contributed by atoms with Crippen molar-refractivity contribution < 1.29 is 19.0 Å². The minimum Gasteiger partial charge on any atom is -0.360 e. The number of hydrogen-bond acceptors (Lipinski definition) is 7. The zero-order chi connectivity index (χ0) is 21.0. The summed E-state index contributed by atoms with van der Waals surface area (Å²) in [6.45, 7) is 6.53. The molecule has 0 bridgehead atoms. The highest BCUT2D eigenvalue weighted by atomic mass is 16.6. The maximum Gasteiger partial charge on any atom is 0.272 e. The van der Waals surface area contributed by atoms with Crippen LogP contribution in [0.5, 0.6) is 0 Å². The number of nitro groups is 1. The largest absolute Gasteiger partial charge is 0.360 e. The van der Waals surface area contributed by atoms with E-state index < -0.39 is 10.8 Å². The molecule has 0 aliphatic carbocycles. The van der Waals surface area contributed by atoms with Crippen LogP contribution in [0.15, 0.2) is 28.8 Å². The fourth-order valence-electron chi connectivity index (χ4n) is 3.24. The molecular weight excluding hydrogens is 378 g/mol. The van der Waals surface area contributed by atoms with Crippen molar-refractivity contribution in [1.82, 2.24) is 20.3 Å². The summed E-state index contributed by atoms with van der Waals surface area (Å²) < 4.78 is 5.22. The maximum atomic E-state index is 12.4. The predicted molar refractivity (Wildman–Crippen MR) is 103 cm³/mol. The Labute approximate surface area is 167 Å². The number of amides is 2. The summed E-state index contributed by atoms with van der Waals surface area (Å²) in [5, 5.41) is 17.3. The van der Waals surface area contributed by atoms with Gasteiger partial charge in [-0.3, -0.25) is 24.6 Å². The van der Waals surface area contributed by atoms with Gasteiger partial charge in [0.25, 0.3) is 11.6 Å². The predicted octanol–water partition coefficient (Wildman–Crippen LogP) is 1.27. The Kier molecular flexibility index (Phi) is 6.23. The van der Waals surface area contributed by atoms with Crippen molar-refractivity contribution in [3.63, 3.8) is 0 Å². The smallest absolute Gasteiger partial charge is 0.272 e. The van der Waals surface area contributed by atoms with Gasteiger partial charge in [-0.25, -0.2) is 0 Å². The van der Waals surface area contributed by atoms with Crippen LogP contribution in [0.25, 0.3) is 0 Å². The first-order valence-corrected chi connectivity index (χ1v) is 9.29. The lowest BCUT2D eigenvalue weighted by atomic mass is 10.1. The molecule has 1 aliphatic heterocycles. The van der Waals surface area contributed by atoms with E-state index in [4.69, 9.17) is 4.52 Å². The number of hydrogen-bond donors (Lipinski definition) is 1. The number of piperazine rings is 1. The molecule has 1 fully saturated rings. The molecule has 0 radical (unpaired) electrons. The second kappa shape index (κ2) is 8.82. The highest BCUT2D eigenvalue weighted by molar-refractivity contribution is 5.96. The van der Waals surface area contributed by atoms with Gasteiger partial charge in [0, 0.05) is 49.4 Å². The van der Waals surface area contributed by atoms with Crippen molar-refractivity contribution in [3.05, 3.63) is 57.0 Å². The lowest BCUT2D eigenvalue weighted by Crippen LogP contribution is -2.50. The zero-order valence-corrected chi connectivity index (χ0v) is 16.4. The van der Waals surface area contributed by atoms with Crippen molar-refractivity contribution >= 4 is 17.5 Å². The first kappa shape index (κ1) is 20.5. The van der Waals surface area contributed by atoms with E-state index in [1.54, 1.807) is 11.8 Å². The number of carbonyl (C=O) groups excluding carboxylic acids is 2. The molecule has 0 spiro atoms. The maximum absolute atomic E-state index is 12.4. The van der Waals surface area contributed by atoms with Crippen LogP contribution in [0, 0.1) is 24.0 Å². The highest BCUT2D eigenvalue weighted by Gasteiger charge is 2.22. The summed E-state index contributed by atoms with van der Waals surface area (Å²) in [6, 6.07) is 6.02. The van der Waals surface area contributed by atoms with Crippen LogP contribution in [0.4, 0.5) is 5.69 Å². The Morgan fingerprint density at radius 1 is 1.21 bits per heavy atom. The molecule has 3 rings (SSSR count). The third-order valence-electron chi connectivity index (χ3n) is 4.84. The van der Waals surface area contributed by atoms with Crippen LogP contribution in [0.1, 0.15) is 27.4 Å². The van der Waals surface area contributed by atoms with E-state index in [-0.39, 0.29) is 23.7 Å². The molecule has 10 heteroatoms. The van der Waals surface area contributed by atoms with Crippen LogP contribution < -0.4 is 5.32 Å². The molecule has 1 aromatic carbocycles. The van der Waals surface area contributed by atoms with E-state index in [1.807, 2.05) is 13.0 Å². The monoisotopic (exact) mass is 401 g/mol. The standard InChI is InChI=1S/C19H23N5O5/c1-13-9-15(3-4-17(13)24(27)28)19(26)20-11-18(25)23-7-5-22(6-8-23)12-16-10-14(2)21-29-16/h3-4,9-10H,5-8,11-12H2,1-2H3,(H,20,26). The average molecular weight is 401 g/mol. The van der Waals surface area contributed by atoms with Gasteiger partial charge in [-0.15, -0.1) is 0 Å². The van der Waals surface area contributed by atoms with Crippen molar-refractivity contribution in [2.24, 2.45) is 0 Å². The molecule has 154 valence electrons. The van der Waals surface area contributed by atoms with Crippen LogP contribution in [-0.2, 0) is 11.3 Å².